The number of rotatable bonds is 2. The Balaban J connectivity index is 2.35. The van der Waals surface area contributed by atoms with E-state index in [0.29, 0.717) is 19.6 Å². The topological polar surface area (TPSA) is 80.1 Å². The van der Waals surface area contributed by atoms with Gasteiger partial charge < -0.3 is 5.32 Å². The second kappa shape index (κ2) is 4.11. The highest BCUT2D eigenvalue weighted by Crippen LogP contribution is 2.17. The molecule has 1 N–H and O–H groups in total. The third kappa shape index (κ3) is 1.83. The maximum atomic E-state index is 12.3. The van der Waals surface area contributed by atoms with Crippen molar-refractivity contribution in [2.75, 3.05) is 19.6 Å². The van der Waals surface area contributed by atoms with E-state index < -0.39 is 10.0 Å². The van der Waals surface area contributed by atoms with E-state index in [1.54, 1.807) is 7.05 Å². The molecule has 0 saturated carbocycles. The van der Waals surface area contributed by atoms with Gasteiger partial charge in [0, 0.05) is 32.7 Å². The van der Waals surface area contributed by atoms with Crippen molar-refractivity contribution in [3.05, 3.63) is 6.20 Å². The number of aryl methyl sites for hydroxylation is 1. The van der Waals surface area contributed by atoms with Gasteiger partial charge in [0.25, 0.3) is 10.0 Å². The average Bonchev–Trinajstić information content (AvgIpc) is 2.65. The first-order chi connectivity index (χ1) is 7.53. The Labute approximate surface area is 94.5 Å². The van der Waals surface area contributed by atoms with Gasteiger partial charge in [-0.3, -0.25) is 0 Å². The molecule has 0 amide bonds. The van der Waals surface area contributed by atoms with Gasteiger partial charge in [-0.2, -0.15) is 4.31 Å². The lowest BCUT2D eigenvalue weighted by molar-refractivity contribution is 0.282. The molecule has 0 bridgehead atoms. The fourth-order valence-electron chi connectivity index (χ4n) is 1.81. The van der Waals surface area contributed by atoms with Crippen molar-refractivity contribution < 1.29 is 8.42 Å². The molecule has 1 atom stereocenters. The van der Waals surface area contributed by atoms with Crippen molar-refractivity contribution in [1.82, 2.24) is 24.6 Å². The van der Waals surface area contributed by atoms with Gasteiger partial charge in [-0.1, -0.05) is 5.21 Å². The highest BCUT2D eigenvalue weighted by atomic mass is 32.2. The SMILES string of the molecule is CC1CNCCN1S(=O)(=O)c1cnnn1C. The lowest BCUT2D eigenvalue weighted by Crippen LogP contribution is -2.52. The molecule has 7 nitrogen and oxygen atoms in total. The lowest BCUT2D eigenvalue weighted by atomic mass is 10.3. The summed E-state index contributed by atoms with van der Waals surface area (Å²) in [5.41, 5.74) is 0. The van der Waals surface area contributed by atoms with E-state index in [1.807, 2.05) is 6.92 Å². The Bertz CT molecular complexity index is 469. The monoisotopic (exact) mass is 245 g/mol. The molecule has 1 aliphatic heterocycles. The Morgan fingerprint density at radius 3 is 2.88 bits per heavy atom. The zero-order valence-electron chi connectivity index (χ0n) is 9.29. The van der Waals surface area contributed by atoms with Gasteiger partial charge in [-0.05, 0) is 6.92 Å². The van der Waals surface area contributed by atoms with Gasteiger partial charge in [-0.25, -0.2) is 13.1 Å². The van der Waals surface area contributed by atoms with Gasteiger partial charge in [0.05, 0.1) is 6.20 Å². The molecule has 0 aromatic carbocycles. The number of sulfonamides is 1. The minimum Gasteiger partial charge on any atom is -0.314 e. The quantitative estimate of drug-likeness (QED) is 0.708. The second-order valence-corrected chi connectivity index (χ2v) is 5.70. The number of hydrogen-bond donors (Lipinski definition) is 1. The highest BCUT2D eigenvalue weighted by molar-refractivity contribution is 7.89. The van der Waals surface area contributed by atoms with Crippen molar-refractivity contribution in [3.63, 3.8) is 0 Å². The molecular weight excluding hydrogens is 230 g/mol. The van der Waals surface area contributed by atoms with Crippen LogP contribution in [0.3, 0.4) is 0 Å². The van der Waals surface area contributed by atoms with Crippen LogP contribution in [-0.4, -0.2) is 53.4 Å². The molecule has 8 heteroatoms. The van der Waals surface area contributed by atoms with Crippen molar-refractivity contribution in [1.29, 1.82) is 0 Å². The number of piperazine rings is 1. The normalized spacial score (nSPS) is 23.5. The summed E-state index contributed by atoms with van der Waals surface area (Å²) in [5, 5.41) is 10.5. The van der Waals surface area contributed by atoms with E-state index in [9.17, 15) is 8.42 Å². The molecule has 2 heterocycles. The first kappa shape index (κ1) is 11.5. The van der Waals surface area contributed by atoms with Crippen LogP contribution < -0.4 is 5.32 Å². The second-order valence-electron chi connectivity index (χ2n) is 3.86. The first-order valence-corrected chi connectivity index (χ1v) is 6.54. The molecular formula is C8H15N5O2S. The summed E-state index contributed by atoms with van der Waals surface area (Å²) in [6, 6.07) is -0.0475. The van der Waals surface area contributed by atoms with E-state index in [-0.39, 0.29) is 11.1 Å². The fourth-order valence-corrected chi connectivity index (χ4v) is 3.48. The minimum atomic E-state index is -3.47. The van der Waals surface area contributed by atoms with Gasteiger partial charge >= 0.3 is 0 Å². The predicted molar refractivity (Wildman–Crippen MR) is 57.2 cm³/mol. The Kier molecular flexibility index (Phi) is 2.96. The van der Waals surface area contributed by atoms with Crippen LogP contribution in [0.2, 0.25) is 0 Å². The molecule has 1 fully saturated rings. The smallest absolute Gasteiger partial charge is 0.262 e. The molecule has 16 heavy (non-hydrogen) atoms. The standard InChI is InChI=1S/C8H15N5O2S/c1-7-5-9-3-4-13(7)16(14,15)8-6-10-11-12(8)2/h6-7,9H,3-5H2,1-2H3. The molecule has 90 valence electrons. The van der Waals surface area contributed by atoms with E-state index in [4.69, 9.17) is 0 Å². The molecule has 0 aliphatic carbocycles. The van der Waals surface area contributed by atoms with E-state index in [0.717, 1.165) is 0 Å². The maximum Gasteiger partial charge on any atom is 0.262 e. The van der Waals surface area contributed by atoms with Gasteiger partial charge in [0.2, 0.25) is 0 Å². The number of nitrogens with zero attached hydrogens (tertiary/aromatic N) is 4. The van der Waals surface area contributed by atoms with Crippen LogP contribution in [0.4, 0.5) is 0 Å². The molecule has 1 saturated heterocycles. The summed E-state index contributed by atoms with van der Waals surface area (Å²) in [6.07, 6.45) is 1.28. The predicted octanol–water partition coefficient (Wildman–Crippen LogP) is -1.20. The zero-order valence-corrected chi connectivity index (χ0v) is 10.1. The summed E-state index contributed by atoms with van der Waals surface area (Å²) < 4.78 is 27.3. The van der Waals surface area contributed by atoms with Crippen molar-refractivity contribution in [3.8, 4) is 0 Å². The van der Waals surface area contributed by atoms with E-state index in [2.05, 4.69) is 15.6 Å². The van der Waals surface area contributed by atoms with Gasteiger partial charge in [0.15, 0.2) is 5.03 Å². The van der Waals surface area contributed by atoms with Gasteiger partial charge in [-0.15, -0.1) is 5.10 Å². The maximum absolute atomic E-state index is 12.3. The molecule has 2 rings (SSSR count). The van der Waals surface area contributed by atoms with Crippen molar-refractivity contribution in [2.24, 2.45) is 7.05 Å². The molecule has 1 aliphatic rings. The van der Waals surface area contributed by atoms with Crippen molar-refractivity contribution >= 4 is 10.0 Å². The molecule has 1 unspecified atom stereocenters. The van der Waals surface area contributed by atoms with Gasteiger partial charge in [0.1, 0.15) is 0 Å². The third-order valence-corrected chi connectivity index (χ3v) is 4.74. The van der Waals surface area contributed by atoms with Crippen LogP contribution in [0, 0.1) is 0 Å². The van der Waals surface area contributed by atoms with Crippen LogP contribution >= 0.6 is 0 Å². The molecule has 0 spiro atoms. The average molecular weight is 245 g/mol. The number of nitrogens with one attached hydrogen (secondary N) is 1. The molecule has 1 aromatic heterocycles. The summed E-state index contributed by atoms with van der Waals surface area (Å²) in [7, 11) is -1.89. The van der Waals surface area contributed by atoms with Crippen LogP contribution in [0.15, 0.2) is 11.2 Å². The fraction of sp³-hybridized carbons (Fsp3) is 0.750. The summed E-state index contributed by atoms with van der Waals surface area (Å²) >= 11 is 0. The molecule has 0 radical (unpaired) electrons. The lowest BCUT2D eigenvalue weighted by Gasteiger charge is -2.32. The molecule has 1 aromatic rings. The number of hydrogen-bond acceptors (Lipinski definition) is 5. The van der Waals surface area contributed by atoms with Crippen LogP contribution in [-0.2, 0) is 17.1 Å². The number of aromatic nitrogens is 3. The zero-order chi connectivity index (χ0) is 11.8. The van der Waals surface area contributed by atoms with Crippen LogP contribution in [0.1, 0.15) is 6.92 Å². The highest BCUT2D eigenvalue weighted by Gasteiger charge is 2.33. The Morgan fingerprint density at radius 2 is 2.31 bits per heavy atom. The third-order valence-electron chi connectivity index (χ3n) is 2.69. The van der Waals surface area contributed by atoms with E-state index in [1.165, 1.54) is 15.2 Å². The Hall–Kier alpha value is -0.990. The Morgan fingerprint density at radius 1 is 1.56 bits per heavy atom. The summed E-state index contributed by atoms with van der Waals surface area (Å²) in [6.45, 7) is 3.71. The summed E-state index contributed by atoms with van der Waals surface area (Å²) in [5.74, 6) is 0. The van der Waals surface area contributed by atoms with Crippen LogP contribution in [0.5, 0.6) is 0 Å². The van der Waals surface area contributed by atoms with Crippen LogP contribution in [0.25, 0.3) is 0 Å². The van der Waals surface area contributed by atoms with E-state index >= 15 is 0 Å². The minimum absolute atomic E-state index is 0.0475. The summed E-state index contributed by atoms with van der Waals surface area (Å²) in [4.78, 5) is 0. The van der Waals surface area contributed by atoms with Crippen molar-refractivity contribution in [2.45, 2.75) is 18.0 Å². The largest absolute Gasteiger partial charge is 0.314 e. The first-order valence-electron chi connectivity index (χ1n) is 5.10.